The normalized spacial score (nSPS) is 11.7. The molecule has 1 nitrogen and oxygen atoms in total. The summed E-state index contributed by atoms with van der Waals surface area (Å²) in [5.41, 5.74) is 13.9. The van der Waals surface area contributed by atoms with Crippen molar-refractivity contribution >= 4 is 38.6 Å². The van der Waals surface area contributed by atoms with Gasteiger partial charge in [-0.1, -0.05) is 83.9 Å². The van der Waals surface area contributed by atoms with Gasteiger partial charge in [0.1, 0.15) is 0 Å². The van der Waals surface area contributed by atoms with Crippen molar-refractivity contribution in [2.24, 2.45) is 0 Å². The molecule has 0 unspecified atom stereocenters. The van der Waals surface area contributed by atoms with E-state index in [1.54, 1.807) is 0 Å². The number of hydrogen-bond acceptors (Lipinski definition) is 1. The van der Waals surface area contributed by atoms with Gasteiger partial charge in [-0.2, -0.15) is 0 Å². The Kier molecular flexibility index (Phi) is 5.33. The molecule has 41 heavy (non-hydrogen) atoms. The van der Waals surface area contributed by atoms with Gasteiger partial charge < -0.3 is 4.90 Å². The Balaban J connectivity index is 1.23. The van der Waals surface area contributed by atoms with Crippen LogP contribution in [0.15, 0.2) is 140 Å². The maximum Gasteiger partial charge on any atom is 0.0468 e. The van der Waals surface area contributed by atoms with Crippen LogP contribution in [-0.2, 0) is 0 Å². The first-order valence-corrected chi connectivity index (χ1v) is 14.3. The van der Waals surface area contributed by atoms with E-state index < -0.39 is 0 Å². The highest BCUT2D eigenvalue weighted by Crippen LogP contribution is 2.51. The average molecular weight is 524 g/mol. The van der Waals surface area contributed by atoms with Crippen LogP contribution in [0.4, 0.5) is 17.1 Å². The molecular weight excluding hydrogens is 494 g/mol. The molecule has 0 amide bonds. The summed E-state index contributed by atoms with van der Waals surface area (Å²) in [6.07, 6.45) is 0. The van der Waals surface area contributed by atoms with Crippen LogP contribution in [0.3, 0.4) is 0 Å². The van der Waals surface area contributed by atoms with E-state index in [-0.39, 0.29) is 0 Å². The Morgan fingerprint density at radius 3 is 1.37 bits per heavy atom. The maximum absolute atomic E-state index is 2.38. The molecule has 8 rings (SSSR count). The second-order valence-corrected chi connectivity index (χ2v) is 11.3. The molecule has 0 spiro atoms. The molecule has 0 fully saturated rings. The van der Waals surface area contributed by atoms with E-state index in [9.17, 15) is 0 Å². The molecule has 0 saturated heterocycles. The number of fused-ring (bicyclic) bond motifs is 6. The predicted molar refractivity (Wildman–Crippen MR) is 175 cm³/mol. The summed E-state index contributed by atoms with van der Waals surface area (Å²) in [6.45, 7) is 4.27. The number of aryl methyl sites for hydroxylation is 2. The summed E-state index contributed by atoms with van der Waals surface area (Å²) in [4.78, 5) is 2.35. The molecule has 1 aliphatic carbocycles. The van der Waals surface area contributed by atoms with Crippen LogP contribution in [-0.4, -0.2) is 0 Å². The number of anilines is 3. The molecule has 7 aromatic carbocycles. The van der Waals surface area contributed by atoms with Crippen molar-refractivity contribution < 1.29 is 0 Å². The lowest BCUT2D eigenvalue weighted by atomic mass is 9.77. The van der Waals surface area contributed by atoms with Crippen LogP contribution < -0.4 is 4.90 Å². The summed E-state index contributed by atoms with van der Waals surface area (Å²) in [5, 5.41) is 5.10. The van der Waals surface area contributed by atoms with Gasteiger partial charge in [0, 0.05) is 17.1 Å². The van der Waals surface area contributed by atoms with Crippen LogP contribution in [0.1, 0.15) is 11.1 Å². The minimum atomic E-state index is 1.16. The largest absolute Gasteiger partial charge is 0.310 e. The van der Waals surface area contributed by atoms with Gasteiger partial charge in [0.15, 0.2) is 0 Å². The zero-order valence-electron chi connectivity index (χ0n) is 23.2. The lowest BCUT2D eigenvalue weighted by Gasteiger charge is -2.28. The molecule has 7 aromatic rings. The van der Waals surface area contributed by atoms with Gasteiger partial charge in [-0.3, -0.25) is 0 Å². The number of hydrogen-bond donors (Lipinski definition) is 0. The molecule has 0 saturated carbocycles. The first kappa shape index (κ1) is 23.7. The number of benzene rings is 7. The summed E-state index contributed by atoms with van der Waals surface area (Å²) < 4.78 is 0. The number of nitrogens with zero attached hydrogens (tertiary/aromatic N) is 1. The van der Waals surface area contributed by atoms with E-state index in [2.05, 4.69) is 158 Å². The van der Waals surface area contributed by atoms with Gasteiger partial charge in [-0.05, 0) is 136 Å². The molecule has 1 aliphatic rings. The fraction of sp³-hybridized carbons (Fsp3) is 0.0500. The minimum absolute atomic E-state index is 1.16. The fourth-order valence-electron chi connectivity index (χ4n) is 6.20. The first-order valence-electron chi connectivity index (χ1n) is 14.3. The van der Waals surface area contributed by atoms with E-state index in [0.29, 0.717) is 0 Å². The molecular formula is C40H29N. The second-order valence-electron chi connectivity index (χ2n) is 11.3. The third kappa shape index (κ3) is 4.01. The zero-order chi connectivity index (χ0) is 27.5. The van der Waals surface area contributed by atoms with Crippen LogP contribution in [0.25, 0.3) is 54.9 Å². The Labute approximate surface area is 241 Å². The first-order chi connectivity index (χ1) is 20.1. The topological polar surface area (TPSA) is 3.24 Å². The van der Waals surface area contributed by atoms with Crippen LogP contribution in [0, 0.1) is 13.8 Å². The third-order valence-corrected chi connectivity index (χ3v) is 8.47. The summed E-state index contributed by atoms with van der Waals surface area (Å²) >= 11 is 0. The molecule has 0 aliphatic heterocycles. The second kappa shape index (κ2) is 9.21. The molecule has 0 N–H and O–H groups in total. The molecule has 1 heteroatoms. The molecule has 0 aromatic heterocycles. The van der Waals surface area contributed by atoms with Gasteiger partial charge in [0.2, 0.25) is 0 Å². The molecule has 194 valence electrons. The van der Waals surface area contributed by atoms with Crippen molar-refractivity contribution in [3.8, 4) is 33.4 Å². The van der Waals surface area contributed by atoms with E-state index in [1.165, 1.54) is 66.1 Å². The molecule has 0 bridgehead atoms. The molecule has 0 atom stereocenters. The van der Waals surface area contributed by atoms with Gasteiger partial charge in [0.25, 0.3) is 0 Å². The maximum atomic E-state index is 2.38. The van der Waals surface area contributed by atoms with Gasteiger partial charge >= 0.3 is 0 Å². The van der Waals surface area contributed by atoms with E-state index in [0.717, 1.165) is 17.1 Å². The van der Waals surface area contributed by atoms with E-state index in [1.807, 2.05) is 0 Å². The Hall–Kier alpha value is -5.14. The van der Waals surface area contributed by atoms with E-state index >= 15 is 0 Å². The van der Waals surface area contributed by atoms with Gasteiger partial charge in [-0.15, -0.1) is 0 Å². The van der Waals surface area contributed by atoms with E-state index in [4.69, 9.17) is 0 Å². The van der Waals surface area contributed by atoms with Crippen LogP contribution >= 0.6 is 0 Å². The van der Waals surface area contributed by atoms with Crippen molar-refractivity contribution in [3.05, 3.63) is 151 Å². The summed E-state index contributed by atoms with van der Waals surface area (Å²) in [6, 6.07) is 51.4. The SMILES string of the molecule is Cc1ccc(N(c2ccc(C)cc2)c2ccc3cc4c(cc3c2)-c2cc3cc(-c5ccccc5)ccc3cc2-4)cc1. The Bertz CT molecular complexity index is 2040. The highest BCUT2D eigenvalue weighted by molar-refractivity contribution is 6.12. The van der Waals surface area contributed by atoms with Crippen LogP contribution in [0.2, 0.25) is 0 Å². The van der Waals surface area contributed by atoms with Crippen molar-refractivity contribution in [2.75, 3.05) is 4.90 Å². The quantitative estimate of drug-likeness (QED) is 0.222. The van der Waals surface area contributed by atoms with Crippen molar-refractivity contribution in [1.29, 1.82) is 0 Å². The minimum Gasteiger partial charge on any atom is -0.310 e. The van der Waals surface area contributed by atoms with Crippen molar-refractivity contribution in [1.82, 2.24) is 0 Å². The predicted octanol–water partition coefficient (Wildman–Crippen LogP) is 11.4. The zero-order valence-corrected chi connectivity index (χ0v) is 23.2. The highest BCUT2D eigenvalue weighted by atomic mass is 15.1. The fourth-order valence-corrected chi connectivity index (χ4v) is 6.20. The monoisotopic (exact) mass is 523 g/mol. The Morgan fingerprint density at radius 2 is 0.805 bits per heavy atom. The summed E-state index contributed by atoms with van der Waals surface area (Å²) in [7, 11) is 0. The smallest absolute Gasteiger partial charge is 0.0468 e. The number of rotatable bonds is 4. The van der Waals surface area contributed by atoms with Crippen molar-refractivity contribution in [3.63, 3.8) is 0 Å². The summed E-state index contributed by atoms with van der Waals surface area (Å²) in [5.74, 6) is 0. The lowest BCUT2D eigenvalue weighted by Crippen LogP contribution is -2.10. The highest BCUT2D eigenvalue weighted by Gasteiger charge is 2.24. The lowest BCUT2D eigenvalue weighted by molar-refractivity contribution is 1.27. The molecule has 0 radical (unpaired) electrons. The standard InChI is InChI=1S/C40H29N/c1-26-8-15-34(16-9-26)41(35-17-10-27(2)11-18-35)36-19-14-31-23-38-37-22-30-13-12-29(28-6-4-3-5-7-28)20-32(30)24-39(37)40(38)25-33(31)21-36/h3-25H,1-2H3. The molecule has 0 heterocycles. The van der Waals surface area contributed by atoms with Gasteiger partial charge in [-0.25, -0.2) is 0 Å². The average Bonchev–Trinajstić information content (AvgIpc) is 3.01. The van der Waals surface area contributed by atoms with Crippen molar-refractivity contribution in [2.45, 2.75) is 13.8 Å². The van der Waals surface area contributed by atoms with Crippen LogP contribution in [0.5, 0.6) is 0 Å². The van der Waals surface area contributed by atoms with Gasteiger partial charge in [0.05, 0.1) is 0 Å². The Morgan fingerprint density at radius 1 is 0.341 bits per heavy atom. The third-order valence-electron chi connectivity index (χ3n) is 8.47.